The Morgan fingerprint density at radius 3 is 2.60 bits per heavy atom. The second-order valence-corrected chi connectivity index (χ2v) is 5.33. The summed E-state index contributed by atoms with van der Waals surface area (Å²) in [6.07, 6.45) is 4.74. The molecule has 8 heteroatoms. The smallest absolute Gasteiger partial charge is 0.239 e. The Kier molecular flexibility index (Phi) is 4.78. The van der Waals surface area contributed by atoms with Crippen LogP contribution < -0.4 is 14.8 Å². The van der Waals surface area contributed by atoms with Gasteiger partial charge in [0.05, 0.1) is 20.3 Å². The molecule has 3 rings (SSSR count). The minimum Gasteiger partial charge on any atom is -0.493 e. The van der Waals surface area contributed by atoms with Crippen molar-refractivity contribution in [2.24, 2.45) is 0 Å². The zero-order chi connectivity index (χ0) is 17.8. The molecular formula is C17H18FN5O2. The van der Waals surface area contributed by atoms with Gasteiger partial charge >= 0.3 is 0 Å². The number of nitrogens with zero attached hydrogens (tertiary/aromatic N) is 4. The lowest BCUT2D eigenvalue weighted by atomic mass is 10.1. The zero-order valence-electron chi connectivity index (χ0n) is 14.1. The van der Waals surface area contributed by atoms with E-state index in [0.29, 0.717) is 17.3 Å². The number of rotatable bonds is 6. The third-order valence-corrected chi connectivity index (χ3v) is 3.69. The largest absolute Gasteiger partial charge is 0.493 e. The maximum absolute atomic E-state index is 13.8. The summed E-state index contributed by atoms with van der Waals surface area (Å²) in [7, 11) is 3.16. The molecule has 0 spiro atoms. The van der Waals surface area contributed by atoms with Crippen LogP contribution in [-0.4, -0.2) is 33.7 Å². The second kappa shape index (κ2) is 7.16. The number of aromatic nitrogens is 4. The van der Waals surface area contributed by atoms with Gasteiger partial charge in [0, 0.05) is 18.5 Å². The molecule has 1 atom stereocenters. The van der Waals surface area contributed by atoms with Gasteiger partial charge in [0.15, 0.2) is 11.5 Å². The highest BCUT2D eigenvalue weighted by Crippen LogP contribution is 2.30. The van der Waals surface area contributed by atoms with Gasteiger partial charge in [0.25, 0.3) is 0 Å². The average molecular weight is 343 g/mol. The predicted octanol–water partition coefficient (Wildman–Crippen LogP) is 2.99. The number of anilines is 1. The lowest BCUT2D eigenvalue weighted by Gasteiger charge is -2.17. The number of imidazole rings is 1. The fourth-order valence-corrected chi connectivity index (χ4v) is 2.40. The van der Waals surface area contributed by atoms with E-state index in [1.165, 1.54) is 17.0 Å². The van der Waals surface area contributed by atoms with Crippen molar-refractivity contribution in [2.45, 2.75) is 13.0 Å². The Balaban J connectivity index is 1.84. The van der Waals surface area contributed by atoms with Crippen LogP contribution in [0.3, 0.4) is 0 Å². The van der Waals surface area contributed by atoms with Crippen molar-refractivity contribution >= 4 is 5.82 Å². The SMILES string of the molecule is COc1ccc(C(C)Nc2cc(F)nc(-n3ccnc3)n2)cc1OC. The van der Waals surface area contributed by atoms with E-state index in [1.807, 2.05) is 25.1 Å². The number of nitrogens with one attached hydrogen (secondary N) is 1. The van der Waals surface area contributed by atoms with E-state index >= 15 is 0 Å². The Morgan fingerprint density at radius 2 is 1.92 bits per heavy atom. The van der Waals surface area contributed by atoms with Gasteiger partial charge in [0.1, 0.15) is 12.1 Å². The summed E-state index contributed by atoms with van der Waals surface area (Å²) >= 11 is 0. The van der Waals surface area contributed by atoms with Crippen LogP contribution in [0.2, 0.25) is 0 Å². The Hall–Kier alpha value is -3.16. The van der Waals surface area contributed by atoms with Crippen LogP contribution in [0.1, 0.15) is 18.5 Å². The van der Waals surface area contributed by atoms with E-state index < -0.39 is 5.95 Å². The highest BCUT2D eigenvalue weighted by atomic mass is 19.1. The van der Waals surface area contributed by atoms with Crippen LogP contribution in [0.15, 0.2) is 43.0 Å². The molecule has 1 aromatic carbocycles. The molecule has 0 amide bonds. The molecule has 3 aromatic rings. The molecule has 0 saturated heterocycles. The number of methoxy groups -OCH3 is 2. The quantitative estimate of drug-likeness (QED) is 0.694. The molecule has 0 fully saturated rings. The first-order valence-corrected chi connectivity index (χ1v) is 7.62. The summed E-state index contributed by atoms with van der Waals surface area (Å²) < 4.78 is 25.9. The topological polar surface area (TPSA) is 74.1 Å². The third kappa shape index (κ3) is 3.68. The summed E-state index contributed by atoms with van der Waals surface area (Å²) in [4.78, 5) is 12.0. The van der Waals surface area contributed by atoms with Crippen LogP contribution in [0.25, 0.3) is 5.95 Å². The van der Waals surface area contributed by atoms with E-state index in [4.69, 9.17) is 9.47 Å². The molecule has 25 heavy (non-hydrogen) atoms. The molecular weight excluding hydrogens is 325 g/mol. The van der Waals surface area contributed by atoms with Gasteiger partial charge in [-0.2, -0.15) is 14.4 Å². The maximum atomic E-state index is 13.8. The lowest BCUT2D eigenvalue weighted by Crippen LogP contribution is -2.11. The first-order valence-electron chi connectivity index (χ1n) is 7.62. The van der Waals surface area contributed by atoms with E-state index in [0.717, 1.165) is 5.56 Å². The Bertz CT molecular complexity index is 854. The molecule has 0 saturated carbocycles. The van der Waals surface area contributed by atoms with Gasteiger partial charge < -0.3 is 14.8 Å². The lowest BCUT2D eigenvalue weighted by molar-refractivity contribution is 0.354. The number of ether oxygens (including phenoxy) is 2. The molecule has 1 N–H and O–H groups in total. The van der Waals surface area contributed by atoms with Crippen LogP contribution in [0.5, 0.6) is 11.5 Å². The van der Waals surface area contributed by atoms with Crippen molar-refractivity contribution in [3.63, 3.8) is 0 Å². The van der Waals surface area contributed by atoms with Crippen molar-refractivity contribution in [1.29, 1.82) is 0 Å². The van der Waals surface area contributed by atoms with Gasteiger partial charge in [-0.1, -0.05) is 6.07 Å². The number of hydrogen-bond donors (Lipinski definition) is 1. The van der Waals surface area contributed by atoms with Gasteiger partial charge in [-0.15, -0.1) is 0 Å². The van der Waals surface area contributed by atoms with Gasteiger partial charge in [0.2, 0.25) is 11.9 Å². The minimum atomic E-state index is -0.624. The monoisotopic (exact) mass is 343 g/mol. The van der Waals surface area contributed by atoms with Crippen molar-refractivity contribution in [1.82, 2.24) is 19.5 Å². The van der Waals surface area contributed by atoms with Gasteiger partial charge in [-0.3, -0.25) is 4.57 Å². The van der Waals surface area contributed by atoms with Gasteiger partial charge in [-0.05, 0) is 24.6 Å². The van der Waals surface area contributed by atoms with Crippen molar-refractivity contribution in [3.8, 4) is 17.4 Å². The molecule has 2 aromatic heterocycles. The van der Waals surface area contributed by atoms with Gasteiger partial charge in [-0.25, -0.2) is 4.98 Å². The molecule has 130 valence electrons. The van der Waals surface area contributed by atoms with Crippen molar-refractivity contribution in [2.75, 3.05) is 19.5 Å². The summed E-state index contributed by atoms with van der Waals surface area (Å²) in [6, 6.07) is 6.71. The number of hydrogen-bond acceptors (Lipinski definition) is 6. The third-order valence-electron chi connectivity index (χ3n) is 3.69. The van der Waals surface area contributed by atoms with Crippen LogP contribution in [-0.2, 0) is 0 Å². The summed E-state index contributed by atoms with van der Waals surface area (Å²) in [5.74, 6) is 1.23. The number of halogens is 1. The van der Waals surface area contributed by atoms with E-state index in [2.05, 4.69) is 20.3 Å². The van der Waals surface area contributed by atoms with Crippen molar-refractivity contribution in [3.05, 3.63) is 54.5 Å². The summed E-state index contributed by atoms with van der Waals surface area (Å²) in [5.41, 5.74) is 0.945. The molecule has 0 aliphatic rings. The molecule has 0 bridgehead atoms. The van der Waals surface area contributed by atoms with Crippen LogP contribution in [0, 0.1) is 5.95 Å². The molecule has 0 aliphatic carbocycles. The zero-order valence-corrected chi connectivity index (χ0v) is 14.1. The van der Waals surface area contributed by atoms with E-state index in [1.54, 1.807) is 26.6 Å². The number of benzene rings is 1. The fourth-order valence-electron chi connectivity index (χ4n) is 2.40. The Labute approximate surface area is 144 Å². The summed E-state index contributed by atoms with van der Waals surface area (Å²) in [5, 5.41) is 3.17. The fraction of sp³-hybridized carbons (Fsp3) is 0.235. The maximum Gasteiger partial charge on any atom is 0.239 e. The van der Waals surface area contributed by atoms with Crippen molar-refractivity contribution < 1.29 is 13.9 Å². The highest BCUT2D eigenvalue weighted by Gasteiger charge is 2.13. The molecule has 7 nitrogen and oxygen atoms in total. The second-order valence-electron chi connectivity index (χ2n) is 5.33. The first-order chi connectivity index (χ1) is 12.1. The van der Waals surface area contributed by atoms with E-state index in [-0.39, 0.29) is 12.0 Å². The summed E-state index contributed by atoms with van der Waals surface area (Å²) in [6.45, 7) is 1.94. The molecule has 0 radical (unpaired) electrons. The van der Waals surface area contributed by atoms with Crippen LogP contribution in [0.4, 0.5) is 10.2 Å². The van der Waals surface area contributed by atoms with Crippen LogP contribution >= 0.6 is 0 Å². The Morgan fingerprint density at radius 1 is 1.12 bits per heavy atom. The molecule has 1 unspecified atom stereocenters. The van der Waals surface area contributed by atoms with E-state index in [9.17, 15) is 4.39 Å². The first kappa shape index (κ1) is 16.7. The normalized spacial score (nSPS) is 11.8. The predicted molar refractivity (Wildman–Crippen MR) is 90.7 cm³/mol. The molecule has 2 heterocycles. The standard InChI is InChI=1S/C17H18FN5O2/c1-11(12-4-5-13(24-2)14(8-12)25-3)20-16-9-15(18)21-17(22-16)23-7-6-19-10-23/h4-11H,1-3H3,(H,20,21,22). The average Bonchev–Trinajstić information content (AvgIpc) is 3.15. The molecule has 0 aliphatic heterocycles. The highest BCUT2D eigenvalue weighted by molar-refractivity contribution is 5.46. The minimum absolute atomic E-state index is 0.134.